The number of aromatic nitrogens is 1. The first-order chi connectivity index (χ1) is 7.74. The summed E-state index contributed by atoms with van der Waals surface area (Å²) in [4.78, 5) is 3.16. The number of aryl methyl sites for hydroxylation is 1. The van der Waals surface area contributed by atoms with Crippen molar-refractivity contribution in [3.8, 4) is 5.88 Å². The summed E-state index contributed by atoms with van der Waals surface area (Å²) in [5.74, 6) is -0.884. The van der Waals surface area contributed by atoms with Crippen molar-refractivity contribution in [3.05, 3.63) is 22.9 Å². The fourth-order valence-corrected chi connectivity index (χ4v) is 1.23. The summed E-state index contributed by atoms with van der Waals surface area (Å²) < 4.78 is 64.4. The molecule has 0 spiro atoms. The number of pyridine rings is 1. The number of ether oxygens (including phenoxy) is 1. The summed E-state index contributed by atoms with van der Waals surface area (Å²) in [5.41, 5.74) is 4.39. The van der Waals surface area contributed by atoms with Crippen LogP contribution in [0.15, 0.2) is 6.07 Å². The molecule has 0 aliphatic heterocycles. The van der Waals surface area contributed by atoms with E-state index in [2.05, 4.69) is 9.72 Å². The topological polar surface area (TPSA) is 48.1 Å². The van der Waals surface area contributed by atoms with E-state index in [9.17, 15) is 22.0 Å². The van der Waals surface area contributed by atoms with Crippen LogP contribution in [0.25, 0.3) is 0 Å². The van der Waals surface area contributed by atoms with Crippen molar-refractivity contribution >= 4 is 0 Å². The Kier molecular flexibility index (Phi) is 3.87. The smallest absolute Gasteiger partial charge is 0.388 e. The molecule has 0 aliphatic carbocycles. The largest absolute Gasteiger partial charge is 0.574 e. The summed E-state index contributed by atoms with van der Waals surface area (Å²) in [5, 5.41) is 0. The van der Waals surface area contributed by atoms with Crippen molar-refractivity contribution in [2.45, 2.75) is 26.3 Å². The van der Waals surface area contributed by atoms with E-state index in [1.807, 2.05) is 0 Å². The third kappa shape index (κ3) is 3.52. The number of rotatable bonds is 3. The number of halogens is 5. The van der Waals surface area contributed by atoms with Crippen molar-refractivity contribution in [1.29, 1.82) is 0 Å². The molecule has 1 aromatic heterocycles. The van der Waals surface area contributed by atoms with E-state index in [0.29, 0.717) is 0 Å². The average Bonchev–Trinajstić information content (AvgIpc) is 2.18. The number of nitrogens with zero attached hydrogens (tertiary/aromatic N) is 1. The number of hydrogen-bond donors (Lipinski definition) is 1. The van der Waals surface area contributed by atoms with E-state index in [0.717, 1.165) is 6.07 Å². The van der Waals surface area contributed by atoms with Crippen LogP contribution in [0.4, 0.5) is 22.0 Å². The van der Waals surface area contributed by atoms with Crippen LogP contribution in [-0.4, -0.2) is 11.3 Å². The lowest BCUT2D eigenvalue weighted by Crippen LogP contribution is -2.19. The van der Waals surface area contributed by atoms with E-state index in [4.69, 9.17) is 5.73 Å². The molecule has 1 aromatic rings. The maximum absolute atomic E-state index is 12.5. The Balaban J connectivity index is 3.20. The minimum absolute atomic E-state index is 0.00725. The van der Waals surface area contributed by atoms with Crippen molar-refractivity contribution in [2.24, 2.45) is 5.73 Å². The van der Waals surface area contributed by atoms with E-state index in [1.54, 1.807) is 0 Å². The Morgan fingerprint density at radius 2 is 2.00 bits per heavy atom. The van der Waals surface area contributed by atoms with E-state index in [-0.39, 0.29) is 17.7 Å². The standard InChI is InChI=1S/C9H9F5N2O/c1-4-2-5(3-15)6(7(10)11)16-8(4)17-9(12,13)14/h2,7H,3,15H2,1H3. The van der Waals surface area contributed by atoms with E-state index >= 15 is 0 Å². The van der Waals surface area contributed by atoms with Crippen LogP contribution in [-0.2, 0) is 6.54 Å². The van der Waals surface area contributed by atoms with Crippen LogP contribution in [0.1, 0.15) is 23.2 Å². The van der Waals surface area contributed by atoms with Gasteiger partial charge in [-0.05, 0) is 18.6 Å². The average molecular weight is 256 g/mol. The molecular formula is C9H9F5N2O. The van der Waals surface area contributed by atoms with Crippen LogP contribution in [0.2, 0.25) is 0 Å². The molecular weight excluding hydrogens is 247 g/mol. The molecule has 0 atom stereocenters. The van der Waals surface area contributed by atoms with Gasteiger partial charge in [0.15, 0.2) is 0 Å². The fourth-order valence-electron chi connectivity index (χ4n) is 1.23. The molecule has 8 heteroatoms. The lowest BCUT2D eigenvalue weighted by Gasteiger charge is -2.14. The van der Waals surface area contributed by atoms with Gasteiger partial charge in [-0.15, -0.1) is 13.2 Å². The molecule has 0 saturated carbocycles. The van der Waals surface area contributed by atoms with Crippen LogP contribution >= 0.6 is 0 Å². The molecule has 0 amide bonds. The molecule has 0 bridgehead atoms. The maximum Gasteiger partial charge on any atom is 0.574 e. The molecule has 2 N–H and O–H groups in total. The molecule has 1 rings (SSSR count). The lowest BCUT2D eigenvalue weighted by molar-refractivity contribution is -0.276. The number of nitrogens with two attached hydrogens (primary N) is 1. The Labute approximate surface area is 93.4 Å². The van der Waals surface area contributed by atoms with Gasteiger partial charge in [-0.25, -0.2) is 13.8 Å². The minimum atomic E-state index is -4.97. The van der Waals surface area contributed by atoms with Gasteiger partial charge in [0, 0.05) is 12.1 Å². The zero-order chi connectivity index (χ0) is 13.2. The predicted octanol–water partition coefficient (Wildman–Crippen LogP) is 2.68. The van der Waals surface area contributed by atoms with E-state index < -0.39 is 24.4 Å². The highest BCUT2D eigenvalue weighted by Gasteiger charge is 2.33. The normalized spacial score (nSPS) is 12.0. The maximum atomic E-state index is 12.5. The molecule has 3 nitrogen and oxygen atoms in total. The Hall–Kier alpha value is -1.44. The molecule has 0 radical (unpaired) electrons. The molecule has 0 aliphatic rings. The SMILES string of the molecule is Cc1cc(CN)c(C(F)F)nc1OC(F)(F)F. The Morgan fingerprint density at radius 3 is 2.41 bits per heavy atom. The van der Waals surface area contributed by atoms with E-state index in [1.165, 1.54) is 6.92 Å². The van der Waals surface area contributed by atoms with Crippen LogP contribution < -0.4 is 10.5 Å². The first-order valence-electron chi connectivity index (χ1n) is 4.49. The van der Waals surface area contributed by atoms with Gasteiger partial charge < -0.3 is 10.5 Å². The van der Waals surface area contributed by atoms with Crippen LogP contribution in [0.5, 0.6) is 5.88 Å². The highest BCUT2D eigenvalue weighted by atomic mass is 19.4. The fraction of sp³-hybridized carbons (Fsp3) is 0.444. The zero-order valence-electron chi connectivity index (χ0n) is 8.68. The molecule has 0 aromatic carbocycles. The Bertz CT molecular complexity index is 405. The third-order valence-electron chi connectivity index (χ3n) is 1.92. The van der Waals surface area contributed by atoms with Crippen LogP contribution in [0, 0.1) is 6.92 Å². The van der Waals surface area contributed by atoms with Gasteiger partial charge in [0.05, 0.1) is 0 Å². The molecule has 17 heavy (non-hydrogen) atoms. The summed E-state index contributed by atoms with van der Waals surface area (Å²) >= 11 is 0. The lowest BCUT2D eigenvalue weighted by atomic mass is 10.1. The van der Waals surface area contributed by atoms with Gasteiger partial charge in [0.1, 0.15) is 5.69 Å². The minimum Gasteiger partial charge on any atom is -0.388 e. The van der Waals surface area contributed by atoms with Crippen molar-refractivity contribution in [3.63, 3.8) is 0 Å². The molecule has 1 heterocycles. The molecule has 0 unspecified atom stereocenters. The van der Waals surface area contributed by atoms with Crippen molar-refractivity contribution in [1.82, 2.24) is 4.98 Å². The van der Waals surface area contributed by atoms with Gasteiger partial charge in [-0.2, -0.15) is 0 Å². The van der Waals surface area contributed by atoms with Gasteiger partial charge in [-0.1, -0.05) is 0 Å². The highest BCUT2D eigenvalue weighted by molar-refractivity contribution is 5.34. The number of hydrogen-bond acceptors (Lipinski definition) is 3. The summed E-state index contributed by atoms with van der Waals surface area (Å²) in [6.45, 7) is 1.03. The van der Waals surface area contributed by atoms with Crippen molar-refractivity contribution < 1.29 is 26.7 Å². The van der Waals surface area contributed by atoms with Crippen LogP contribution in [0.3, 0.4) is 0 Å². The monoisotopic (exact) mass is 256 g/mol. The highest BCUT2D eigenvalue weighted by Crippen LogP contribution is 2.29. The van der Waals surface area contributed by atoms with Gasteiger partial charge in [-0.3, -0.25) is 0 Å². The molecule has 96 valence electrons. The second-order valence-electron chi connectivity index (χ2n) is 3.21. The first kappa shape index (κ1) is 13.6. The Morgan fingerprint density at radius 1 is 1.41 bits per heavy atom. The summed E-state index contributed by atoms with van der Waals surface area (Å²) in [6, 6.07) is 1.11. The third-order valence-corrected chi connectivity index (χ3v) is 1.92. The second kappa shape index (κ2) is 4.82. The quantitative estimate of drug-likeness (QED) is 0.846. The van der Waals surface area contributed by atoms with Gasteiger partial charge >= 0.3 is 6.36 Å². The first-order valence-corrected chi connectivity index (χ1v) is 4.49. The van der Waals surface area contributed by atoms with Crippen molar-refractivity contribution in [2.75, 3.05) is 0 Å². The van der Waals surface area contributed by atoms with Gasteiger partial charge in [0.25, 0.3) is 6.43 Å². The van der Waals surface area contributed by atoms with Gasteiger partial charge in [0.2, 0.25) is 5.88 Å². The molecule has 0 saturated heterocycles. The summed E-state index contributed by atoms with van der Waals surface area (Å²) in [7, 11) is 0. The molecule has 0 fully saturated rings. The zero-order valence-corrected chi connectivity index (χ0v) is 8.68. The summed E-state index contributed by atoms with van der Waals surface area (Å²) in [6.07, 6.45) is -7.98. The predicted molar refractivity (Wildman–Crippen MR) is 48.5 cm³/mol. The number of alkyl halides is 5. The second-order valence-corrected chi connectivity index (χ2v) is 3.21.